The molecule has 0 unspecified atom stereocenters. The van der Waals surface area contributed by atoms with Crippen LogP contribution in [0.4, 0.5) is 4.79 Å². The van der Waals surface area contributed by atoms with Crippen molar-refractivity contribution in [2.75, 3.05) is 26.0 Å². The maximum atomic E-state index is 11.7. The van der Waals surface area contributed by atoms with E-state index in [9.17, 15) is 9.59 Å². The van der Waals surface area contributed by atoms with E-state index in [0.29, 0.717) is 18.7 Å². The highest BCUT2D eigenvalue weighted by Crippen LogP contribution is 2.34. The third kappa shape index (κ3) is 3.99. The highest BCUT2D eigenvalue weighted by Gasteiger charge is 2.27. The fourth-order valence-corrected chi connectivity index (χ4v) is 4.60. The average Bonchev–Trinajstić information content (AvgIpc) is 3.47. The van der Waals surface area contributed by atoms with E-state index in [1.54, 1.807) is 18.4 Å². The molecule has 3 aromatic rings. The van der Waals surface area contributed by atoms with Crippen molar-refractivity contribution in [2.24, 2.45) is 0 Å². The summed E-state index contributed by atoms with van der Waals surface area (Å²) in [6.07, 6.45) is 0.664. The van der Waals surface area contributed by atoms with Gasteiger partial charge in [-0.05, 0) is 30.0 Å². The Balaban J connectivity index is 1.56. The van der Waals surface area contributed by atoms with E-state index in [-0.39, 0.29) is 18.5 Å². The van der Waals surface area contributed by atoms with Crippen LogP contribution in [0.25, 0.3) is 16.4 Å². The van der Waals surface area contributed by atoms with Crippen molar-refractivity contribution in [3.63, 3.8) is 0 Å². The molecule has 0 saturated carbocycles. The Labute approximate surface area is 175 Å². The van der Waals surface area contributed by atoms with E-state index in [2.05, 4.69) is 15.5 Å². The number of hydrogen-bond donors (Lipinski definition) is 1. The normalized spacial score (nSPS) is 13.8. The molecule has 1 aliphatic heterocycles. The zero-order valence-corrected chi connectivity index (χ0v) is 17.3. The number of carbonyl (C=O) groups is 2. The van der Waals surface area contributed by atoms with Gasteiger partial charge in [0.2, 0.25) is 5.91 Å². The number of aromatic nitrogens is 3. The molecule has 1 saturated heterocycles. The summed E-state index contributed by atoms with van der Waals surface area (Å²) >= 11 is 3.13. The van der Waals surface area contributed by atoms with Crippen LogP contribution in [0.5, 0.6) is 5.75 Å². The number of rotatable bonds is 8. The summed E-state index contributed by atoms with van der Waals surface area (Å²) in [5.74, 6) is 1.99. The Kier molecular flexibility index (Phi) is 5.81. The molecule has 0 bridgehead atoms. The predicted octanol–water partition coefficient (Wildman–Crippen LogP) is 3.04. The summed E-state index contributed by atoms with van der Waals surface area (Å²) in [6, 6.07) is 11.4. The van der Waals surface area contributed by atoms with Gasteiger partial charge in [-0.15, -0.1) is 21.5 Å². The first kappa shape index (κ1) is 19.5. The lowest BCUT2D eigenvalue weighted by Crippen LogP contribution is -2.32. The molecule has 0 atom stereocenters. The smallest absolute Gasteiger partial charge is 0.324 e. The minimum atomic E-state index is -0.322. The van der Waals surface area contributed by atoms with E-state index in [1.807, 2.05) is 46.3 Å². The van der Waals surface area contributed by atoms with E-state index in [4.69, 9.17) is 4.74 Å². The van der Waals surface area contributed by atoms with Crippen LogP contribution in [0.3, 0.4) is 0 Å². The predicted molar refractivity (Wildman–Crippen MR) is 112 cm³/mol. The Bertz CT molecular complexity index is 1000. The second kappa shape index (κ2) is 8.66. The second-order valence-corrected chi connectivity index (χ2v) is 8.21. The largest absolute Gasteiger partial charge is 0.495 e. The van der Waals surface area contributed by atoms with Crippen LogP contribution in [0, 0.1) is 0 Å². The van der Waals surface area contributed by atoms with Crippen molar-refractivity contribution in [2.45, 2.75) is 11.6 Å². The van der Waals surface area contributed by atoms with E-state index in [0.717, 1.165) is 27.3 Å². The Hall–Kier alpha value is -2.85. The van der Waals surface area contributed by atoms with Gasteiger partial charge in [-0.1, -0.05) is 30.0 Å². The summed E-state index contributed by atoms with van der Waals surface area (Å²) in [4.78, 5) is 25.6. The molecular weight excluding hydrogens is 410 g/mol. The minimum absolute atomic E-state index is 0.0816. The van der Waals surface area contributed by atoms with Crippen LogP contribution in [0.2, 0.25) is 0 Å². The summed E-state index contributed by atoms with van der Waals surface area (Å²) in [5, 5.41) is 14.1. The zero-order chi connectivity index (χ0) is 20.2. The fraction of sp³-hybridized carbons (Fsp3) is 0.263. The van der Waals surface area contributed by atoms with Crippen molar-refractivity contribution in [3.05, 3.63) is 41.8 Å². The van der Waals surface area contributed by atoms with Crippen LogP contribution in [-0.2, 0) is 4.79 Å². The molecule has 29 heavy (non-hydrogen) atoms. The number of para-hydroxylation sites is 2. The van der Waals surface area contributed by atoms with Crippen molar-refractivity contribution in [1.29, 1.82) is 0 Å². The molecule has 1 N–H and O–H groups in total. The lowest BCUT2D eigenvalue weighted by Gasteiger charge is -2.14. The monoisotopic (exact) mass is 429 g/mol. The first-order valence-electron chi connectivity index (χ1n) is 9.02. The van der Waals surface area contributed by atoms with Gasteiger partial charge >= 0.3 is 6.03 Å². The number of urea groups is 1. The lowest BCUT2D eigenvalue weighted by molar-refractivity contribution is -0.124. The van der Waals surface area contributed by atoms with E-state index < -0.39 is 0 Å². The Morgan fingerprint density at radius 3 is 2.79 bits per heavy atom. The van der Waals surface area contributed by atoms with Gasteiger partial charge in [-0.3, -0.25) is 14.3 Å². The van der Waals surface area contributed by atoms with Crippen LogP contribution < -0.4 is 10.1 Å². The number of nitrogens with zero attached hydrogens (tertiary/aromatic N) is 4. The van der Waals surface area contributed by atoms with E-state index in [1.165, 1.54) is 16.7 Å². The molecule has 0 radical (unpaired) electrons. The quantitative estimate of drug-likeness (QED) is 0.336. The van der Waals surface area contributed by atoms with Crippen LogP contribution in [0.15, 0.2) is 46.9 Å². The highest BCUT2D eigenvalue weighted by atomic mass is 32.2. The third-order valence-electron chi connectivity index (χ3n) is 4.40. The molecule has 150 valence electrons. The summed E-state index contributed by atoms with van der Waals surface area (Å²) < 4.78 is 7.53. The van der Waals surface area contributed by atoms with Crippen molar-refractivity contribution < 1.29 is 14.3 Å². The number of imide groups is 1. The summed E-state index contributed by atoms with van der Waals surface area (Å²) in [5.41, 5.74) is 0.861. The Morgan fingerprint density at radius 1 is 1.21 bits per heavy atom. The van der Waals surface area contributed by atoms with Crippen molar-refractivity contribution in [1.82, 2.24) is 25.0 Å². The van der Waals surface area contributed by atoms with Gasteiger partial charge in [0.25, 0.3) is 0 Å². The Morgan fingerprint density at radius 2 is 2.07 bits per heavy atom. The molecule has 0 spiro atoms. The average molecular weight is 430 g/mol. The maximum absolute atomic E-state index is 11.7. The van der Waals surface area contributed by atoms with Crippen molar-refractivity contribution in [3.8, 4) is 22.1 Å². The molecular formula is C19H19N5O3S2. The van der Waals surface area contributed by atoms with Crippen LogP contribution in [-0.4, -0.2) is 57.6 Å². The second-order valence-electron chi connectivity index (χ2n) is 6.20. The molecule has 0 aliphatic carbocycles. The molecule has 3 amide bonds. The number of thiophene rings is 1. The van der Waals surface area contributed by atoms with Crippen LogP contribution in [0.1, 0.15) is 6.42 Å². The molecule has 8 nitrogen and oxygen atoms in total. The molecule has 10 heteroatoms. The fourth-order valence-electron chi connectivity index (χ4n) is 3.03. The maximum Gasteiger partial charge on any atom is 0.324 e. The first-order chi connectivity index (χ1) is 14.2. The van der Waals surface area contributed by atoms with Gasteiger partial charge in [0, 0.05) is 12.3 Å². The third-order valence-corrected chi connectivity index (χ3v) is 6.28. The number of ether oxygens (including phenoxy) is 1. The molecule has 1 aliphatic rings. The van der Waals surface area contributed by atoms with Gasteiger partial charge in [-0.25, -0.2) is 4.79 Å². The molecule has 1 fully saturated rings. The van der Waals surface area contributed by atoms with Gasteiger partial charge < -0.3 is 10.1 Å². The first-order valence-corrected chi connectivity index (χ1v) is 10.9. The van der Waals surface area contributed by atoms with Crippen LogP contribution >= 0.6 is 23.1 Å². The number of hydrogen-bond acceptors (Lipinski definition) is 7. The van der Waals surface area contributed by atoms with Gasteiger partial charge in [0.1, 0.15) is 5.75 Å². The summed E-state index contributed by atoms with van der Waals surface area (Å²) in [7, 11) is 1.64. The topological polar surface area (TPSA) is 89.4 Å². The molecule has 1 aromatic carbocycles. The van der Waals surface area contributed by atoms with Gasteiger partial charge in [0.15, 0.2) is 11.0 Å². The molecule has 3 heterocycles. The summed E-state index contributed by atoms with van der Waals surface area (Å²) in [6.45, 7) is 0.469. The number of thioether (sulfide) groups is 1. The van der Waals surface area contributed by atoms with Crippen molar-refractivity contribution >= 4 is 35.0 Å². The van der Waals surface area contributed by atoms with Gasteiger partial charge in [-0.2, -0.15) is 0 Å². The minimum Gasteiger partial charge on any atom is -0.495 e. The standard InChI is InChI=1S/C19H19N5O3S2/c1-27-14-7-3-2-6-13(14)24-17(15-8-4-10-28-15)21-22-19(24)29-11-5-9-23-16(25)12-20-18(23)26/h2-4,6-8,10H,5,9,11-12H2,1H3,(H,20,26). The zero-order valence-electron chi connectivity index (χ0n) is 15.7. The number of nitrogens with one attached hydrogen (secondary N) is 1. The number of benzene rings is 1. The number of carbonyl (C=O) groups excluding carboxylic acids is 2. The van der Waals surface area contributed by atoms with E-state index >= 15 is 0 Å². The SMILES string of the molecule is COc1ccccc1-n1c(SCCCN2C(=O)CNC2=O)nnc1-c1cccs1. The number of amides is 3. The highest BCUT2D eigenvalue weighted by molar-refractivity contribution is 7.99. The number of methoxy groups -OCH3 is 1. The molecule has 2 aromatic heterocycles. The van der Waals surface area contributed by atoms with Gasteiger partial charge in [0.05, 0.1) is 24.2 Å². The lowest BCUT2D eigenvalue weighted by atomic mass is 10.3. The molecule has 4 rings (SSSR count).